The van der Waals surface area contributed by atoms with Gasteiger partial charge in [0.25, 0.3) is 0 Å². The molecule has 168 valence electrons. The van der Waals surface area contributed by atoms with Gasteiger partial charge >= 0.3 is 0 Å². The number of hydrogen-bond acceptors (Lipinski definition) is 4. The molecule has 0 aromatic heterocycles. The van der Waals surface area contributed by atoms with Crippen LogP contribution in [0.25, 0.3) is 0 Å². The molecule has 1 aromatic rings. The molecule has 0 saturated carbocycles. The molecule has 0 radical (unpaired) electrons. The normalized spacial score (nSPS) is 10.3. The Bertz CT molecular complexity index is 638. The lowest BCUT2D eigenvalue weighted by Gasteiger charge is -2.01. The summed E-state index contributed by atoms with van der Waals surface area (Å²) < 4.78 is 0. The van der Waals surface area contributed by atoms with Gasteiger partial charge in [-0.05, 0) is 39.7 Å². The zero-order valence-corrected chi connectivity index (χ0v) is 19.9. The molecule has 4 heteroatoms. The Morgan fingerprint density at radius 2 is 1.50 bits per heavy atom. The first-order valence-electron chi connectivity index (χ1n) is 10.0. The molecule has 0 aliphatic carbocycles. The van der Waals surface area contributed by atoms with Gasteiger partial charge in [-0.1, -0.05) is 69.3 Å². The number of carbonyl (C=O) groups excluding carboxylic acids is 3. The summed E-state index contributed by atoms with van der Waals surface area (Å²) in [5.41, 5.74) is 2.03. The van der Waals surface area contributed by atoms with Crippen LogP contribution < -0.4 is 0 Å². The Hall–Kier alpha value is -2.77. The first-order chi connectivity index (χ1) is 14.3. The second-order valence-electron chi connectivity index (χ2n) is 5.54. The van der Waals surface area contributed by atoms with Crippen LogP contribution in [0.3, 0.4) is 0 Å². The summed E-state index contributed by atoms with van der Waals surface area (Å²) in [5.74, 6) is -0.291. The number of terminal acetylenes is 1. The van der Waals surface area contributed by atoms with E-state index in [0.29, 0.717) is 6.42 Å². The smallest absolute Gasteiger partial charge is 0.159 e. The molecule has 0 fully saturated rings. The van der Waals surface area contributed by atoms with Gasteiger partial charge in [-0.3, -0.25) is 14.4 Å². The van der Waals surface area contributed by atoms with Crippen molar-refractivity contribution in [2.45, 2.75) is 61.3 Å². The van der Waals surface area contributed by atoms with Crippen molar-refractivity contribution in [1.82, 2.24) is 0 Å². The van der Waals surface area contributed by atoms with Gasteiger partial charge in [-0.15, -0.1) is 12.8 Å². The Kier molecular flexibility index (Phi) is 30.4. The summed E-state index contributed by atoms with van der Waals surface area (Å²) in [6.07, 6.45) is 15.1. The van der Waals surface area contributed by atoms with Crippen LogP contribution in [0.15, 0.2) is 54.1 Å². The van der Waals surface area contributed by atoms with E-state index in [4.69, 9.17) is 5.11 Å². The van der Waals surface area contributed by atoms with E-state index in [1.807, 2.05) is 57.2 Å². The molecule has 1 atom stereocenters. The Labute approximate surface area is 184 Å². The standard InChI is InChI=1S/C14H16O.C7H12O2.C2H6.C2H2.CH4O/c1-3-14(12(2)15)11-7-10-13-8-5-4-6-9-13;1-4-7(9)5(2)6(3)8;3*1-2/h3-9,11H,10H2,1-2H3;5H,4H2,1-3H3;1-2H3;1-2H;2H,1H3/b11-7-,14-3+;;;;. The number of aliphatic hydroxyl groups excluding tert-OH is 1. The second kappa shape index (κ2) is 26.2. The van der Waals surface area contributed by atoms with Crippen molar-refractivity contribution in [3.63, 3.8) is 0 Å². The number of aliphatic hydroxyl groups is 1. The number of carbonyl (C=O) groups is 3. The molecule has 0 bridgehead atoms. The van der Waals surface area contributed by atoms with Gasteiger partial charge in [0.1, 0.15) is 11.6 Å². The van der Waals surface area contributed by atoms with Crippen LogP contribution in [0.5, 0.6) is 0 Å². The average molecular weight is 417 g/mol. The Balaban J connectivity index is -0.000000193. The third kappa shape index (κ3) is 20.0. The summed E-state index contributed by atoms with van der Waals surface area (Å²) in [6.45, 7) is 12.3. The molecule has 0 spiro atoms. The number of ketones is 3. The maximum Gasteiger partial charge on any atom is 0.159 e. The van der Waals surface area contributed by atoms with Crippen molar-refractivity contribution in [3.8, 4) is 12.8 Å². The van der Waals surface area contributed by atoms with E-state index in [1.54, 1.807) is 20.8 Å². The highest BCUT2D eigenvalue weighted by atomic mass is 16.2. The van der Waals surface area contributed by atoms with Gasteiger partial charge in [-0.25, -0.2) is 0 Å². The highest BCUT2D eigenvalue weighted by Crippen LogP contribution is 2.03. The van der Waals surface area contributed by atoms with Crippen LogP contribution in [0.4, 0.5) is 0 Å². The molecular weight excluding hydrogens is 376 g/mol. The number of Topliss-reactive ketones (excluding diaryl/α,β-unsaturated/α-hetero) is 3. The summed E-state index contributed by atoms with van der Waals surface area (Å²) in [5, 5.41) is 7.00. The Morgan fingerprint density at radius 1 is 1.03 bits per heavy atom. The average Bonchev–Trinajstić information content (AvgIpc) is 2.80. The van der Waals surface area contributed by atoms with E-state index in [9.17, 15) is 14.4 Å². The van der Waals surface area contributed by atoms with Crippen molar-refractivity contribution in [2.75, 3.05) is 7.11 Å². The number of rotatable bonds is 7. The highest BCUT2D eigenvalue weighted by Gasteiger charge is 2.14. The van der Waals surface area contributed by atoms with E-state index in [0.717, 1.165) is 19.1 Å². The zero-order chi connectivity index (χ0) is 24.5. The minimum atomic E-state index is -0.394. The van der Waals surface area contributed by atoms with Crippen LogP contribution in [0, 0.1) is 18.8 Å². The van der Waals surface area contributed by atoms with Crippen molar-refractivity contribution in [1.29, 1.82) is 0 Å². The molecule has 1 unspecified atom stereocenters. The lowest BCUT2D eigenvalue weighted by molar-refractivity contribution is -0.130. The molecule has 0 aliphatic heterocycles. The third-order valence-corrected chi connectivity index (χ3v) is 3.65. The molecule has 1 aromatic carbocycles. The molecule has 0 saturated heterocycles. The summed E-state index contributed by atoms with van der Waals surface area (Å²) in [6, 6.07) is 10.2. The topological polar surface area (TPSA) is 71.4 Å². The fraction of sp³-hybridized carbons (Fsp3) is 0.423. The third-order valence-electron chi connectivity index (χ3n) is 3.65. The molecule has 4 nitrogen and oxygen atoms in total. The summed E-state index contributed by atoms with van der Waals surface area (Å²) >= 11 is 0. The van der Waals surface area contributed by atoms with E-state index in [-0.39, 0.29) is 17.3 Å². The van der Waals surface area contributed by atoms with E-state index >= 15 is 0 Å². The monoisotopic (exact) mass is 416 g/mol. The molecule has 0 aliphatic rings. The Morgan fingerprint density at radius 3 is 1.80 bits per heavy atom. The molecule has 1 rings (SSSR count). The van der Waals surface area contributed by atoms with Crippen LogP contribution >= 0.6 is 0 Å². The lowest BCUT2D eigenvalue weighted by atomic mass is 10.0. The number of benzene rings is 1. The van der Waals surface area contributed by atoms with Crippen LogP contribution in [0.2, 0.25) is 0 Å². The van der Waals surface area contributed by atoms with E-state index in [1.165, 1.54) is 12.5 Å². The largest absolute Gasteiger partial charge is 0.400 e. The van der Waals surface area contributed by atoms with Gasteiger partial charge in [-0.2, -0.15) is 0 Å². The number of allylic oxidation sites excluding steroid dienone is 4. The molecule has 0 heterocycles. The minimum absolute atomic E-state index is 0.0301. The predicted octanol–water partition coefficient (Wildman–Crippen LogP) is 5.40. The first-order valence-corrected chi connectivity index (χ1v) is 10.0. The number of hydrogen-bond donors (Lipinski definition) is 1. The second-order valence-corrected chi connectivity index (χ2v) is 5.54. The predicted molar refractivity (Wildman–Crippen MR) is 128 cm³/mol. The molecular formula is C26H40O4. The van der Waals surface area contributed by atoms with Gasteiger partial charge < -0.3 is 5.11 Å². The SMILES string of the molecule is C#C.C/C=C(\C=C/Cc1ccccc1)C(C)=O.CC.CCC(=O)C(C)C(C)=O.CO. The van der Waals surface area contributed by atoms with E-state index < -0.39 is 5.92 Å². The molecule has 30 heavy (non-hydrogen) atoms. The molecule has 1 N–H and O–H groups in total. The highest BCUT2D eigenvalue weighted by molar-refractivity contribution is 6.00. The fourth-order valence-corrected chi connectivity index (χ4v) is 1.89. The van der Waals surface area contributed by atoms with Crippen LogP contribution in [0.1, 0.15) is 60.5 Å². The van der Waals surface area contributed by atoms with Gasteiger partial charge in [0.2, 0.25) is 0 Å². The minimum Gasteiger partial charge on any atom is -0.400 e. The maximum absolute atomic E-state index is 11.1. The molecule has 0 amide bonds. The summed E-state index contributed by atoms with van der Waals surface area (Å²) in [4.78, 5) is 32.4. The summed E-state index contributed by atoms with van der Waals surface area (Å²) in [7, 11) is 1.00. The van der Waals surface area contributed by atoms with Crippen molar-refractivity contribution in [3.05, 3.63) is 59.7 Å². The van der Waals surface area contributed by atoms with Crippen molar-refractivity contribution in [2.24, 2.45) is 5.92 Å². The van der Waals surface area contributed by atoms with Crippen molar-refractivity contribution < 1.29 is 19.5 Å². The maximum atomic E-state index is 11.1. The first kappa shape index (κ1) is 34.7. The van der Waals surface area contributed by atoms with Gasteiger partial charge in [0.15, 0.2) is 5.78 Å². The zero-order valence-electron chi connectivity index (χ0n) is 19.9. The van der Waals surface area contributed by atoms with Crippen LogP contribution in [-0.4, -0.2) is 29.6 Å². The quantitative estimate of drug-likeness (QED) is 0.280. The van der Waals surface area contributed by atoms with Crippen molar-refractivity contribution >= 4 is 17.3 Å². The van der Waals surface area contributed by atoms with Gasteiger partial charge in [0, 0.05) is 19.1 Å². The van der Waals surface area contributed by atoms with Gasteiger partial charge in [0.05, 0.1) is 5.92 Å². The lowest BCUT2D eigenvalue weighted by Crippen LogP contribution is -2.16. The van der Waals surface area contributed by atoms with Crippen LogP contribution in [-0.2, 0) is 20.8 Å². The van der Waals surface area contributed by atoms with E-state index in [2.05, 4.69) is 25.0 Å². The fourth-order valence-electron chi connectivity index (χ4n) is 1.89.